The average Bonchev–Trinajstić information content (AvgIpc) is 3.16. The highest BCUT2D eigenvalue weighted by atomic mass is 19.1. The third-order valence-corrected chi connectivity index (χ3v) is 3.38. The quantitative estimate of drug-likeness (QED) is 0.532. The zero-order valence-corrected chi connectivity index (χ0v) is 13.0. The number of carbonyl (C=O) groups excluding carboxylic acids is 1. The predicted octanol–water partition coefficient (Wildman–Crippen LogP) is 3.12. The van der Waals surface area contributed by atoms with Crippen molar-refractivity contribution in [2.75, 3.05) is 0 Å². The second-order valence-electron chi connectivity index (χ2n) is 5.17. The van der Waals surface area contributed by atoms with Crippen LogP contribution in [0.2, 0.25) is 0 Å². The standard InChI is InChI=1S/C18H14FN3O3/c19-14-4-1-12(2-5-14)10-25-15-6-8-16(23)13(9-15)3-7-17(24)18-20-11-21-22-18/h1-9,11,23H,10H2,(H,20,21,22). The lowest BCUT2D eigenvalue weighted by molar-refractivity contribution is 0.103. The predicted molar refractivity (Wildman–Crippen MR) is 88.6 cm³/mol. The van der Waals surface area contributed by atoms with Crippen LogP contribution in [0.3, 0.4) is 0 Å². The fraction of sp³-hybridized carbons (Fsp3) is 0.0556. The van der Waals surface area contributed by atoms with Crippen LogP contribution >= 0.6 is 0 Å². The Bertz CT molecular complexity index is 890. The number of carbonyl (C=O) groups is 1. The van der Waals surface area contributed by atoms with Gasteiger partial charge in [0.1, 0.15) is 30.3 Å². The van der Waals surface area contributed by atoms with Gasteiger partial charge in [0.15, 0.2) is 5.82 Å². The number of aromatic hydroxyl groups is 1. The molecule has 6 nitrogen and oxygen atoms in total. The Kier molecular flexibility index (Phi) is 4.84. The number of rotatable bonds is 6. The molecule has 2 N–H and O–H groups in total. The zero-order chi connectivity index (χ0) is 17.6. The molecule has 3 rings (SSSR count). The topological polar surface area (TPSA) is 88.1 Å². The van der Waals surface area contributed by atoms with E-state index in [0.717, 1.165) is 5.56 Å². The van der Waals surface area contributed by atoms with Gasteiger partial charge in [-0.25, -0.2) is 9.37 Å². The number of benzene rings is 2. The van der Waals surface area contributed by atoms with Crippen LogP contribution in [-0.2, 0) is 6.61 Å². The van der Waals surface area contributed by atoms with Crippen molar-refractivity contribution < 1.29 is 19.0 Å². The second kappa shape index (κ2) is 7.39. The Labute approximate surface area is 142 Å². The van der Waals surface area contributed by atoms with Crippen molar-refractivity contribution in [3.63, 3.8) is 0 Å². The summed E-state index contributed by atoms with van der Waals surface area (Å²) in [6.45, 7) is 0.255. The fourth-order valence-corrected chi connectivity index (χ4v) is 2.07. The van der Waals surface area contributed by atoms with E-state index in [1.54, 1.807) is 24.3 Å². The maximum absolute atomic E-state index is 12.9. The second-order valence-corrected chi connectivity index (χ2v) is 5.17. The molecule has 0 saturated heterocycles. The summed E-state index contributed by atoms with van der Waals surface area (Å²) in [5, 5.41) is 16.0. The van der Waals surface area contributed by atoms with Crippen LogP contribution in [0.1, 0.15) is 21.7 Å². The first-order chi connectivity index (χ1) is 12.1. The van der Waals surface area contributed by atoms with Gasteiger partial charge in [-0.2, -0.15) is 5.10 Å². The molecule has 25 heavy (non-hydrogen) atoms. The fourth-order valence-electron chi connectivity index (χ4n) is 2.07. The first-order valence-corrected chi connectivity index (χ1v) is 7.40. The monoisotopic (exact) mass is 339 g/mol. The summed E-state index contributed by atoms with van der Waals surface area (Å²) in [4.78, 5) is 15.6. The molecular weight excluding hydrogens is 325 g/mol. The minimum Gasteiger partial charge on any atom is -0.507 e. The summed E-state index contributed by atoms with van der Waals surface area (Å²) in [5.74, 6) is -0.0455. The van der Waals surface area contributed by atoms with Crippen LogP contribution in [0.5, 0.6) is 11.5 Å². The number of phenolic OH excluding ortho intramolecular Hbond substituents is 1. The summed E-state index contributed by atoms with van der Waals surface area (Å²) in [5.41, 5.74) is 1.23. The van der Waals surface area contributed by atoms with E-state index in [-0.39, 0.29) is 29.8 Å². The number of nitrogens with one attached hydrogen (secondary N) is 1. The van der Waals surface area contributed by atoms with Gasteiger partial charge in [0.2, 0.25) is 5.78 Å². The minimum absolute atomic E-state index is 0.00996. The molecule has 2 aromatic carbocycles. The minimum atomic E-state index is -0.366. The molecule has 1 heterocycles. The van der Waals surface area contributed by atoms with Crippen molar-refractivity contribution in [1.29, 1.82) is 0 Å². The summed E-state index contributed by atoms with van der Waals surface area (Å²) < 4.78 is 18.5. The normalized spacial score (nSPS) is 10.9. The molecule has 0 aliphatic carbocycles. The number of allylic oxidation sites excluding steroid dienone is 1. The number of aromatic amines is 1. The van der Waals surface area contributed by atoms with Gasteiger partial charge in [-0.05, 0) is 48.0 Å². The summed E-state index contributed by atoms with van der Waals surface area (Å²) in [6, 6.07) is 10.7. The van der Waals surface area contributed by atoms with E-state index >= 15 is 0 Å². The van der Waals surface area contributed by atoms with Crippen LogP contribution in [0.15, 0.2) is 54.9 Å². The molecule has 0 radical (unpaired) electrons. The molecule has 0 saturated carbocycles. The van der Waals surface area contributed by atoms with E-state index in [1.807, 2.05) is 0 Å². The maximum atomic E-state index is 12.9. The molecule has 0 bridgehead atoms. The highest BCUT2D eigenvalue weighted by Gasteiger charge is 2.06. The summed E-state index contributed by atoms with van der Waals surface area (Å²) in [6.07, 6.45) is 3.98. The number of phenols is 1. The smallest absolute Gasteiger partial charge is 0.222 e. The molecule has 7 heteroatoms. The number of halogens is 1. The van der Waals surface area contributed by atoms with Crippen LogP contribution in [0.4, 0.5) is 4.39 Å². The van der Waals surface area contributed by atoms with Gasteiger partial charge in [-0.1, -0.05) is 12.1 Å². The van der Waals surface area contributed by atoms with E-state index < -0.39 is 0 Å². The van der Waals surface area contributed by atoms with E-state index in [1.165, 1.54) is 36.7 Å². The molecule has 1 aromatic heterocycles. The lowest BCUT2D eigenvalue weighted by atomic mass is 10.1. The van der Waals surface area contributed by atoms with Crippen LogP contribution in [0, 0.1) is 5.82 Å². The lowest BCUT2D eigenvalue weighted by Crippen LogP contribution is -1.97. The van der Waals surface area contributed by atoms with Crippen LogP contribution < -0.4 is 4.74 Å². The third kappa shape index (κ3) is 4.29. The van der Waals surface area contributed by atoms with E-state index in [0.29, 0.717) is 11.3 Å². The van der Waals surface area contributed by atoms with Crippen molar-refractivity contribution in [3.8, 4) is 11.5 Å². The SMILES string of the molecule is O=C(C=Cc1cc(OCc2ccc(F)cc2)ccc1O)c1ncn[nH]1. The molecule has 3 aromatic rings. The molecule has 0 spiro atoms. The van der Waals surface area contributed by atoms with Crippen LogP contribution in [0.25, 0.3) is 6.08 Å². The molecule has 126 valence electrons. The van der Waals surface area contributed by atoms with E-state index in [2.05, 4.69) is 15.2 Å². The van der Waals surface area contributed by atoms with Crippen molar-refractivity contribution in [2.24, 2.45) is 0 Å². The first-order valence-electron chi connectivity index (χ1n) is 7.40. The Hall–Kier alpha value is -3.48. The zero-order valence-electron chi connectivity index (χ0n) is 13.0. The third-order valence-electron chi connectivity index (χ3n) is 3.38. The molecule has 0 unspecified atom stereocenters. The number of hydrogen-bond acceptors (Lipinski definition) is 5. The number of nitrogens with zero attached hydrogens (tertiary/aromatic N) is 2. The Morgan fingerprint density at radius 3 is 2.76 bits per heavy atom. The molecule has 0 aliphatic rings. The van der Waals surface area contributed by atoms with Crippen molar-refractivity contribution >= 4 is 11.9 Å². The average molecular weight is 339 g/mol. The van der Waals surface area contributed by atoms with Gasteiger partial charge in [0, 0.05) is 5.56 Å². The van der Waals surface area contributed by atoms with Gasteiger partial charge in [0.25, 0.3) is 0 Å². The van der Waals surface area contributed by atoms with E-state index in [9.17, 15) is 14.3 Å². The molecule has 0 aliphatic heterocycles. The largest absolute Gasteiger partial charge is 0.507 e. The highest BCUT2D eigenvalue weighted by molar-refractivity contribution is 6.04. The van der Waals surface area contributed by atoms with Crippen molar-refractivity contribution in [2.45, 2.75) is 6.61 Å². The Morgan fingerprint density at radius 1 is 1.24 bits per heavy atom. The first kappa shape index (κ1) is 16.4. The van der Waals surface area contributed by atoms with Crippen molar-refractivity contribution in [3.05, 3.63) is 77.6 Å². The Morgan fingerprint density at radius 2 is 2.04 bits per heavy atom. The van der Waals surface area contributed by atoms with Gasteiger partial charge < -0.3 is 9.84 Å². The van der Waals surface area contributed by atoms with E-state index in [4.69, 9.17) is 4.74 Å². The van der Waals surface area contributed by atoms with Gasteiger partial charge >= 0.3 is 0 Å². The number of aromatic nitrogens is 3. The van der Waals surface area contributed by atoms with Gasteiger partial charge in [0.05, 0.1) is 0 Å². The van der Waals surface area contributed by atoms with Gasteiger partial charge in [-0.3, -0.25) is 9.89 Å². The molecular formula is C18H14FN3O3. The number of hydrogen-bond donors (Lipinski definition) is 2. The number of ether oxygens (including phenoxy) is 1. The summed E-state index contributed by atoms with van der Waals surface area (Å²) >= 11 is 0. The molecule has 0 fully saturated rings. The van der Waals surface area contributed by atoms with Crippen molar-refractivity contribution in [1.82, 2.24) is 15.2 Å². The molecule has 0 atom stereocenters. The number of ketones is 1. The molecule has 0 amide bonds. The van der Waals surface area contributed by atoms with Gasteiger partial charge in [-0.15, -0.1) is 0 Å². The lowest BCUT2D eigenvalue weighted by Gasteiger charge is -2.08. The Balaban J connectivity index is 1.69. The maximum Gasteiger partial charge on any atom is 0.222 e. The highest BCUT2D eigenvalue weighted by Crippen LogP contribution is 2.25. The summed E-state index contributed by atoms with van der Waals surface area (Å²) in [7, 11) is 0. The van der Waals surface area contributed by atoms with Crippen LogP contribution in [-0.4, -0.2) is 26.1 Å². The number of H-pyrrole nitrogens is 1.